The van der Waals surface area contributed by atoms with Crippen LogP contribution < -0.4 is 0 Å². The minimum atomic E-state index is -0.977. The zero-order valence-corrected chi connectivity index (χ0v) is 9.85. The Morgan fingerprint density at radius 1 is 1.31 bits per heavy atom. The van der Waals surface area contributed by atoms with Crippen molar-refractivity contribution in [3.05, 3.63) is 46.3 Å². The van der Waals surface area contributed by atoms with Crippen molar-refractivity contribution in [3.63, 3.8) is 0 Å². The Morgan fingerprint density at radius 2 is 1.88 bits per heavy atom. The molecule has 0 amide bonds. The van der Waals surface area contributed by atoms with Gasteiger partial charge in [-0.2, -0.15) is 0 Å². The molecule has 1 N–H and O–H groups in total. The molecule has 0 aliphatic heterocycles. The molecule has 0 bridgehead atoms. The summed E-state index contributed by atoms with van der Waals surface area (Å²) in [5.41, 5.74) is 0.451. The van der Waals surface area contributed by atoms with E-state index >= 15 is 0 Å². The molecule has 16 heavy (non-hydrogen) atoms. The van der Waals surface area contributed by atoms with Crippen molar-refractivity contribution in [1.82, 2.24) is 0 Å². The van der Waals surface area contributed by atoms with Crippen LogP contribution in [0.3, 0.4) is 0 Å². The highest BCUT2D eigenvalue weighted by Gasteiger charge is 2.11. The van der Waals surface area contributed by atoms with Crippen LogP contribution in [0.4, 0.5) is 0 Å². The van der Waals surface area contributed by atoms with E-state index in [1.807, 2.05) is 0 Å². The Balaban J connectivity index is 2.67. The van der Waals surface area contributed by atoms with Crippen LogP contribution in [0.1, 0.15) is 10.4 Å². The molecule has 0 aromatic heterocycles. The van der Waals surface area contributed by atoms with E-state index in [2.05, 4.69) is 6.58 Å². The van der Waals surface area contributed by atoms with Gasteiger partial charge in [0.1, 0.15) is 0 Å². The van der Waals surface area contributed by atoms with Gasteiger partial charge in [0.25, 0.3) is 0 Å². The molecule has 0 aliphatic carbocycles. The van der Waals surface area contributed by atoms with Gasteiger partial charge in [-0.25, -0.2) is 0 Å². The Hall–Kier alpha value is -1.26. The van der Waals surface area contributed by atoms with E-state index in [4.69, 9.17) is 16.7 Å². The van der Waals surface area contributed by atoms with Gasteiger partial charge in [0.2, 0.25) is 0 Å². The van der Waals surface area contributed by atoms with Crippen LogP contribution in [0.5, 0.6) is 0 Å². The number of Topliss-reactive ketones (excluding diaryl/α,β-unsaturated/α-hetero) is 1. The van der Waals surface area contributed by atoms with Crippen molar-refractivity contribution in [2.75, 3.05) is 5.75 Å². The molecule has 0 atom stereocenters. The largest absolute Gasteiger partial charge is 0.481 e. The molecular weight excluding hydrogens is 248 g/mol. The Bertz CT molecular complexity index is 425. The van der Waals surface area contributed by atoms with Crippen molar-refractivity contribution in [1.29, 1.82) is 0 Å². The topological polar surface area (TPSA) is 54.4 Å². The summed E-state index contributed by atoms with van der Waals surface area (Å²) in [6.45, 7) is 3.54. The second kappa shape index (κ2) is 5.72. The van der Waals surface area contributed by atoms with Gasteiger partial charge in [-0.3, -0.25) is 9.59 Å². The number of hydrogen-bond donors (Lipinski definition) is 1. The lowest BCUT2D eigenvalue weighted by Gasteiger charge is -2.02. The van der Waals surface area contributed by atoms with E-state index in [-0.39, 0.29) is 16.4 Å². The summed E-state index contributed by atoms with van der Waals surface area (Å²) in [7, 11) is 0. The zero-order chi connectivity index (χ0) is 12.1. The van der Waals surface area contributed by atoms with Gasteiger partial charge in [-0.05, 0) is 24.3 Å². The molecule has 0 saturated carbocycles. The highest BCUT2D eigenvalue weighted by Crippen LogP contribution is 2.19. The smallest absolute Gasteiger partial charge is 0.313 e. The molecule has 3 nitrogen and oxygen atoms in total. The Labute approximate surface area is 102 Å². The second-order valence-corrected chi connectivity index (χ2v) is 4.45. The fourth-order valence-electron chi connectivity index (χ4n) is 0.977. The molecule has 1 aromatic rings. The summed E-state index contributed by atoms with van der Waals surface area (Å²) in [5.74, 6) is -1.42. The van der Waals surface area contributed by atoms with Crippen molar-refractivity contribution < 1.29 is 14.7 Å². The van der Waals surface area contributed by atoms with Crippen molar-refractivity contribution >= 4 is 35.1 Å². The van der Waals surface area contributed by atoms with E-state index < -0.39 is 5.97 Å². The maximum absolute atomic E-state index is 11.7. The number of aliphatic carboxylic acids is 1. The van der Waals surface area contributed by atoms with E-state index in [9.17, 15) is 9.59 Å². The number of rotatable bonds is 5. The van der Waals surface area contributed by atoms with E-state index in [1.165, 1.54) is 0 Å². The van der Waals surface area contributed by atoms with Crippen LogP contribution >= 0.6 is 23.4 Å². The highest BCUT2D eigenvalue weighted by molar-refractivity contribution is 8.04. The summed E-state index contributed by atoms with van der Waals surface area (Å²) < 4.78 is 0. The number of ketones is 1. The zero-order valence-electron chi connectivity index (χ0n) is 8.27. The van der Waals surface area contributed by atoms with E-state index in [1.54, 1.807) is 24.3 Å². The standard InChI is InChI=1S/C11H9ClO3S/c1-7(16-6-10(13)14)11(15)8-2-4-9(12)5-3-8/h2-5H,1,6H2,(H,13,14). The summed E-state index contributed by atoms with van der Waals surface area (Å²) in [6, 6.07) is 6.36. The van der Waals surface area contributed by atoms with E-state index in [0.29, 0.717) is 10.6 Å². The van der Waals surface area contributed by atoms with Crippen molar-refractivity contribution in [2.45, 2.75) is 0 Å². The van der Waals surface area contributed by atoms with Gasteiger partial charge in [-0.1, -0.05) is 18.2 Å². The predicted octanol–water partition coefficient (Wildman–Crippen LogP) is 2.85. The number of carboxylic acid groups (broad SMARTS) is 1. The first kappa shape index (κ1) is 12.8. The number of carboxylic acids is 1. The van der Waals surface area contributed by atoms with Gasteiger partial charge >= 0.3 is 5.97 Å². The molecule has 5 heteroatoms. The summed E-state index contributed by atoms with van der Waals surface area (Å²) in [4.78, 5) is 22.2. The minimum absolute atomic E-state index is 0.168. The molecule has 1 aromatic carbocycles. The molecule has 0 spiro atoms. The molecule has 0 unspecified atom stereocenters. The van der Waals surface area contributed by atoms with Crippen LogP contribution in [0.15, 0.2) is 35.7 Å². The quantitative estimate of drug-likeness (QED) is 0.650. The third-order valence-corrected chi connectivity index (χ3v) is 2.91. The SMILES string of the molecule is C=C(SCC(=O)O)C(=O)c1ccc(Cl)cc1. The fraction of sp³-hybridized carbons (Fsp3) is 0.0909. The third-order valence-electron chi connectivity index (χ3n) is 1.73. The summed E-state index contributed by atoms with van der Waals surface area (Å²) in [6.07, 6.45) is 0. The van der Waals surface area contributed by atoms with Crippen LogP contribution in [0.25, 0.3) is 0 Å². The molecule has 0 saturated heterocycles. The summed E-state index contributed by atoms with van der Waals surface area (Å²) >= 11 is 6.60. The Kier molecular flexibility index (Phi) is 4.58. The van der Waals surface area contributed by atoms with Gasteiger partial charge in [-0.15, -0.1) is 11.8 Å². The van der Waals surface area contributed by atoms with Gasteiger partial charge in [0.15, 0.2) is 5.78 Å². The average Bonchev–Trinajstić information content (AvgIpc) is 2.26. The number of hydrogen-bond acceptors (Lipinski definition) is 3. The number of carbonyl (C=O) groups is 2. The van der Waals surface area contributed by atoms with Crippen LogP contribution in [0, 0.1) is 0 Å². The summed E-state index contributed by atoms with van der Waals surface area (Å²) in [5, 5.41) is 9.00. The maximum atomic E-state index is 11.7. The van der Waals surface area contributed by atoms with Gasteiger partial charge < -0.3 is 5.11 Å². The van der Waals surface area contributed by atoms with Crippen LogP contribution in [0.2, 0.25) is 5.02 Å². The fourth-order valence-corrected chi connectivity index (χ4v) is 1.65. The molecule has 1 rings (SSSR count). The molecule has 84 valence electrons. The second-order valence-electron chi connectivity index (χ2n) is 2.94. The van der Waals surface area contributed by atoms with Crippen molar-refractivity contribution in [2.24, 2.45) is 0 Å². The predicted molar refractivity (Wildman–Crippen MR) is 65.0 cm³/mol. The monoisotopic (exact) mass is 256 g/mol. The first-order valence-corrected chi connectivity index (χ1v) is 5.71. The Morgan fingerprint density at radius 3 is 2.38 bits per heavy atom. The number of benzene rings is 1. The highest BCUT2D eigenvalue weighted by atomic mass is 35.5. The number of allylic oxidation sites excluding steroid dienone is 1. The lowest BCUT2D eigenvalue weighted by Crippen LogP contribution is -2.04. The van der Waals surface area contributed by atoms with Crippen molar-refractivity contribution in [3.8, 4) is 0 Å². The third kappa shape index (κ3) is 3.72. The van der Waals surface area contributed by atoms with Crippen LogP contribution in [-0.2, 0) is 4.79 Å². The van der Waals surface area contributed by atoms with E-state index in [0.717, 1.165) is 11.8 Å². The van der Waals surface area contributed by atoms with Crippen LogP contribution in [-0.4, -0.2) is 22.6 Å². The molecular formula is C11H9ClO3S. The lowest BCUT2D eigenvalue weighted by atomic mass is 10.1. The lowest BCUT2D eigenvalue weighted by molar-refractivity contribution is -0.133. The first-order chi connectivity index (χ1) is 7.50. The minimum Gasteiger partial charge on any atom is -0.481 e. The first-order valence-electron chi connectivity index (χ1n) is 4.34. The number of halogens is 1. The molecule has 0 heterocycles. The molecule has 0 fully saturated rings. The molecule has 0 aliphatic rings. The number of thioether (sulfide) groups is 1. The number of carbonyl (C=O) groups excluding carboxylic acids is 1. The van der Waals surface area contributed by atoms with Gasteiger partial charge in [0, 0.05) is 15.5 Å². The maximum Gasteiger partial charge on any atom is 0.313 e. The van der Waals surface area contributed by atoms with Gasteiger partial charge in [0.05, 0.1) is 5.75 Å². The normalized spacial score (nSPS) is 9.81. The molecule has 0 radical (unpaired) electrons. The average molecular weight is 257 g/mol.